The van der Waals surface area contributed by atoms with E-state index in [0.29, 0.717) is 13.2 Å². The summed E-state index contributed by atoms with van der Waals surface area (Å²) < 4.78 is 10.1. The minimum absolute atomic E-state index is 0.117. The number of hydrogen-bond acceptors (Lipinski definition) is 6. The molecule has 8 heteroatoms. The third kappa shape index (κ3) is 6.77. The van der Waals surface area contributed by atoms with E-state index in [1.54, 1.807) is 13.0 Å². The van der Waals surface area contributed by atoms with Crippen LogP contribution in [0.15, 0.2) is 18.3 Å². The Labute approximate surface area is 134 Å². The number of rotatable bonds is 7. The Bertz CT molecular complexity index is 560. The van der Waals surface area contributed by atoms with Crippen LogP contribution >= 0.6 is 0 Å². The summed E-state index contributed by atoms with van der Waals surface area (Å²) in [5.74, 6) is -1.08. The van der Waals surface area contributed by atoms with Gasteiger partial charge in [0.15, 0.2) is 6.61 Å². The molecule has 126 valence electrons. The summed E-state index contributed by atoms with van der Waals surface area (Å²) >= 11 is 0. The average molecular weight is 323 g/mol. The molecule has 0 saturated heterocycles. The van der Waals surface area contributed by atoms with E-state index in [1.165, 1.54) is 12.3 Å². The van der Waals surface area contributed by atoms with E-state index in [9.17, 15) is 14.4 Å². The second kappa shape index (κ2) is 9.39. The lowest BCUT2D eigenvalue weighted by molar-refractivity contribution is -0.123. The quantitative estimate of drug-likeness (QED) is 0.728. The average Bonchev–Trinajstić information content (AvgIpc) is 2.51. The van der Waals surface area contributed by atoms with Crippen molar-refractivity contribution >= 4 is 17.9 Å². The molecule has 0 aliphatic carbocycles. The van der Waals surface area contributed by atoms with E-state index >= 15 is 0 Å². The predicted molar refractivity (Wildman–Crippen MR) is 82.1 cm³/mol. The molecule has 0 saturated carbocycles. The van der Waals surface area contributed by atoms with E-state index in [-0.39, 0.29) is 17.4 Å². The standard InChI is InChI=1S/C15H21N3O5/c1-4-22-13-11(6-5-7-16-13)14(20)23-9-12(19)18-15(21)17-8-10(2)3/h5-7,10H,4,8-9H2,1-3H3,(H2,17,18,19,21). The maximum absolute atomic E-state index is 11.9. The largest absolute Gasteiger partial charge is 0.477 e. The molecule has 0 atom stereocenters. The first-order valence-corrected chi connectivity index (χ1v) is 7.26. The van der Waals surface area contributed by atoms with E-state index < -0.39 is 24.5 Å². The lowest BCUT2D eigenvalue weighted by Crippen LogP contribution is -2.42. The second-order valence-corrected chi connectivity index (χ2v) is 5.02. The van der Waals surface area contributed by atoms with Crippen molar-refractivity contribution < 1.29 is 23.9 Å². The number of nitrogens with zero attached hydrogens (tertiary/aromatic N) is 1. The van der Waals surface area contributed by atoms with Crippen molar-refractivity contribution in [2.24, 2.45) is 5.92 Å². The van der Waals surface area contributed by atoms with Crippen LogP contribution in [0.3, 0.4) is 0 Å². The number of urea groups is 1. The summed E-state index contributed by atoms with van der Waals surface area (Å²) in [5, 5.41) is 4.59. The van der Waals surface area contributed by atoms with Crippen LogP contribution in [0.5, 0.6) is 5.88 Å². The van der Waals surface area contributed by atoms with Gasteiger partial charge in [-0.05, 0) is 25.0 Å². The summed E-state index contributed by atoms with van der Waals surface area (Å²) in [4.78, 5) is 38.8. The van der Waals surface area contributed by atoms with Crippen LogP contribution in [0.1, 0.15) is 31.1 Å². The number of aromatic nitrogens is 1. The molecule has 0 fully saturated rings. The highest BCUT2D eigenvalue weighted by atomic mass is 16.5. The van der Waals surface area contributed by atoms with E-state index in [4.69, 9.17) is 9.47 Å². The van der Waals surface area contributed by atoms with Crippen LogP contribution in [-0.2, 0) is 9.53 Å². The molecule has 0 spiro atoms. The van der Waals surface area contributed by atoms with Gasteiger partial charge >= 0.3 is 12.0 Å². The number of hydrogen-bond donors (Lipinski definition) is 2. The second-order valence-electron chi connectivity index (χ2n) is 5.02. The Hall–Kier alpha value is -2.64. The molecule has 0 aliphatic heterocycles. The Morgan fingerprint density at radius 1 is 1.30 bits per heavy atom. The van der Waals surface area contributed by atoms with Crippen LogP contribution in [-0.4, -0.2) is 42.7 Å². The molecule has 0 radical (unpaired) electrons. The summed E-state index contributed by atoms with van der Waals surface area (Å²) in [7, 11) is 0. The molecule has 0 aromatic carbocycles. The van der Waals surface area contributed by atoms with Crippen molar-refractivity contribution in [3.05, 3.63) is 23.9 Å². The van der Waals surface area contributed by atoms with E-state index in [1.807, 2.05) is 13.8 Å². The van der Waals surface area contributed by atoms with Crippen molar-refractivity contribution in [3.8, 4) is 5.88 Å². The number of carbonyl (C=O) groups is 3. The maximum atomic E-state index is 11.9. The Kier molecular flexibility index (Phi) is 7.52. The number of amides is 3. The first-order valence-electron chi connectivity index (χ1n) is 7.26. The zero-order chi connectivity index (χ0) is 17.2. The third-order valence-electron chi connectivity index (χ3n) is 2.53. The minimum atomic E-state index is -0.751. The predicted octanol–water partition coefficient (Wildman–Crippen LogP) is 1.12. The molecule has 2 N–H and O–H groups in total. The molecule has 1 rings (SSSR count). The Balaban J connectivity index is 2.47. The van der Waals surface area contributed by atoms with Crippen LogP contribution in [0.2, 0.25) is 0 Å². The molecule has 1 aromatic heterocycles. The number of imide groups is 1. The summed E-state index contributed by atoms with van der Waals surface area (Å²) in [6.07, 6.45) is 1.48. The smallest absolute Gasteiger partial charge is 0.344 e. The van der Waals surface area contributed by atoms with Gasteiger partial charge in [-0.2, -0.15) is 0 Å². The van der Waals surface area contributed by atoms with E-state index in [2.05, 4.69) is 15.6 Å². The zero-order valence-corrected chi connectivity index (χ0v) is 13.4. The van der Waals surface area contributed by atoms with E-state index in [0.717, 1.165) is 0 Å². The summed E-state index contributed by atoms with van der Waals surface area (Å²) in [6.45, 7) is 5.81. The van der Waals surface area contributed by atoms with Gasteiger partial charge in [-0.15, -0.1) is 0 Å². The van der Waals surface area contributed by atoms with Gasteiger partial charge in [0.2, 0.25) is 5.88 Å². The Morgan fingerprint density at radius 2 is 2.04 bits per heavy atom. The number of nitrogens with one attached hydrogen (secondary N) is 2. The normalized spacial score (nSPS) is 10.1. The van der Waals surface area contributed by atoms with Crippen LogP contribution < -0.4 is 15.4 Å². The number of ether oxygens (including phenoxy) is 2. The van der Waals surface area contributed by atoms with Gasteiger partial charge in [0.25, 0.3) is 5.91 Å². The summed E-state index contributed by atoms with van der Waals surface area (Å²) in [6, 6.07) is 2.41. The molecule has 0 unspecified atom stereocenters. The van der Waals surface area contributed by atoms with Crippen molar-refractivity contribution in [1.29, 1.82) is 0 Å². The molecule has 1 aromatic rings. The summed E-state index contributed by atoms with van der Waals surface area (Å²) in [5.41, 5.74) is 0.117. The number of pyridine rings is 1. The van der Waals surface area contributed by atoms with Gasteiger partial charge in [0, 0.05) is 12.7 Å². The highest BCUT2D eigenvalue weighted by molar-refractivity contribution is 5.97. The molecule has 8 nitrogen and oxygen atoms in total. The van der Waals surface area contributed by atoms with Gasteiger partial charge in [-0.25, -0.2) is 14.6 Å². The van der Waals surface area contributed by atoms with Crippen molar-refractivity contribution in [3.63, 3.8) is 0 Å². The van der Waals surface area contributed by atoms with Crippen LogP contribution in [0, 0.1) is 5.92 Å². The first kappa shape index (κ1) is 18.4. The van der Waals surface area contributed by atoms with Gasteiger partial charge < -0.3 is 14.8 Å². The number of carbonyl (C=O) groups excluding carboxylic acids is 3. The fourth-order valence-corrected chi connectivity index (χ4v) is 1.51. The third-order valence-corrected chi connectivity index (χ3v) is 2.53. The highest BCUT2D eigenvalue weighted by Crippen LogP contribution is 2.15. The lowest BCUT2D eigenvalue weighted by atomic mass is 10.2. The maximum Gasteiger partial charge on any atom is 0.344 e. The molecule has 0 aliphatic rings. The first-order chi connectivity index (χ1) is 10.9. The molecular weight excluding hydrogens is 302 g/mol. The van der Waals surface area contributed by atoms with Crippen LogP contribution in [0.25, 0.3) is 0 Å². The van der Waals surface area contributed by atoms with Crippen LogP contribution in [0.4, 0.5) is 4.79 Å². The van der Waals surface area contributed by atoms with Crippen molar-refractivity contribution in [1.82, 2.24) is 15.6 Å². The van der Waals surface area contributed by atoms with Gasteiger partial charge in [0.05, 0.1) is 6.61 Å². The molecule has 0 bridgehead atoms. The lowest BCUT2D eigenvalue weighted by Gasteiger charge is -2.10. The molecule has 3 amide bonds. The Morgan fingerprint density at radius 3 is 2.70 bits per heavy atom. The topological polar surface area (TPSA) is 107 Å². The monoisotopic (exact) mass is 323 g/mol. The molecular formula is C15H21N3O5. The van der Waals surface area contributed by atoms with Gasteiger partial charge in [-0.1, -0.05) is 13.8 Å². The minimum Gasteiger partial charge on any atom is -0.477 e. The highest BCUT2D eigenvalue weighted by Gasteiger charge is 2.17. The van der Waals surface area contributed by atoms with Crippen molar-refractivity contribution in [2.45, 2.75) is 20.8 Å². The molecule has 23 heavy (non-hydrogen) atoms. The SMILES string of the molecule is CCOc1ncccc1C(=O)OCC(=O)NC(=O)NCC(C)C. The zero-order valence-electron chi connectivity index (χ0n) is 13.4. The van der Waals surface area contributed by atoms with Gasteiger partial charge in [-0.3, -0.25) is 10.1 Å². The molecule has 1 heterocycles. The fourth-order valence-electron chi connectivity index (χ4n) is 1.51. The van der Waals surface area contributed by atoms with Gasteiger partial charge in [0.1, 0.15) is 5.56 Å². The number of esters is 1. The fraction of sp³-hybridized carbons (Fsp3) is 0.467. The van der Waals surface area contributed by atoms with Crippen molar-refractivity contribution in [2.75, 3.05) is 19.8 Å².